The average molecular weight is 622 g/mol. The Morgan fingerprint density at radius 2 is 1.49 bits per heavy atom. The Hall–Kier alpha value is -4.00. The number of Topliss-reactive ketones (excluding diaryl/α,β-unsaturated/α-hetero) is 1. The second kappa shape index (κ2) is 17.2. The third kappa shape index (κ3) is 11.0. The lowest BCUT2D eigenvalue weighted by Gasteiger charge is -2.29. The van der Waals surface area contributed by atoms with Gasteiger partial charge >= 0.3 is 5.97 Å². The van der Waals surface area contributed by atoms with Gasteiger partial charge in [-0.15, -0.1) is 11.6 Å². The van der Waals surface area contributed by atoms with Crippen LogP contribution < -0.4 is 21.3 Å². The molecule has 1 aromatic carbocycles. The highest BCUT2D eigenvalue weighted by Crippen LogP contribution is 2.19. The largest absolute Gasteiger partial charge is 0.469 e. The molecule has 1 aromatic rings. The fourth-order valence-electron chi connectivity index (χ4n) is 4.51. The SMILES string of the molecule is COC(=O)CCC(=O)NC(C)C(=O)NC(C)C(=O)NC(C)C(=O)N1CCCC1C(=O)NC(Cc1ccccc1)C(=O)CCl. The maximum Gasteiger partial charge on any atom is 0.306 e. The summed E-state index contributed by atoms with van der Waals surface area (Å²) in [5, 5.41) is 10.2. The lowest BCUT2D eigenvalue weighted by molar-refractivity contribution is -0.142. The molecular weight excluding hydrogens is 582 g/mol. The van der Waals surface area contributed by atoms with Crippen LogP contribution in [-0.4, -0.2) is 95.9 Å². The van der Waals surface area contributed by atoms with Gasteiger partial charge in [0.25, 0.3) is 0 Å². The number of halogens is 1. The number of hydrogen-bond donors (Lipinski definition) is 4. The molecule has 5 amide bonds. The first-order chi connectivity index (χ1) is 20.4. The molecule has 2 rings (SSSR count). The van der Waals surface area contributed by atoms with Gasteiger partial charge in [0.2, 0.25) is 29.5 Å². The number of amides is 5. The van der Waals surface area contributed by atoms with Crippen LogP contribution in [0.3, 0.4) is 0 Å². The quantitative estimate of drug-likeness (QED) is 0.156. The molecule has 236 valence electrons. The topological polar surface area (TPSA) is 180 Å². The van der Waals surface area contributed by atoms with Crippen molar-refractivity contribution in [2.45, 2.75) is 83.1 Å². The van der Waals surface area contributed by atoms with Crippen molar-refractivity contribution >= 4 is 52.9 Å². The summed E-state index contributed by atoms with van der Waals surface area (Å²) in [6, 6.07) is 4.44. The Bertz CT molecular complexity index is 1180. The van der Waals surface area contributed by atoms with Gasteiger partial charge in [-0.05, 0) is 45.6 Å². The Kier molecular flexibility index (Phi) is 14.1. The summed E-state index contributed by atoms with van der Waals surface area (Å²) < 4.78 is 4.47. The zero-order valence-electron chi connectivity index (χ0n) is 24.8. The highest BCUT2D eigenvalue weighted by Gasteiger charge is 2.38. The van der Waals surface area contributed by atoms with Crippen molar-refractivity contribution in [3.05, 3.63) is 35.9 Å². The highest BCUT2D eigenvalue weighted by atomic mass is 35.5. The first-order valence-corrected chi connectivity index (χ1v) is 14.6. The van der Waals surface area contributed by atoms with Gasteiger partial charge in [-0.1, -0.05) is 30.3 Å². The van der Waals surface area contributed by atoms with E-state index in [1.54, 1.807) is 0 Å². The number of rotatable bonds is 15. The molecule has 0 bridgehead atoms. The molecule has 0 aromatic heterocycles. The molecular formula is C29H40ClN5O8. The number of carbonyl (C=O) groups excluding carboxylic acids is 7. The van der Waals surface area contributed by atoms with E-state index < -0.39 is 65.7 Å². The number of alkyl halides is 1. The molecule has 13 nitrogen and oxygen atoms in total. The lowest BCUT2D eigenvalue weighted by atomic mass is 10.0. The number of likely N-dealkylation sites (tertiary alicyclic amines) is 1. The van der Waals surface area contributed by atoms with E-state index in [0.717, 1.165) is 5.56 Å². The maximum atomic E-state index is 13.2. The first-order valence-electron chi connectivity index (χ1n) is 14.1. The Labute approximate surface area is 255 Å². The van der Waals surface area contributed by atoms with E-state index in [2.05, 4.69) is 26.0 Å². The lowest BCUT2D eigenvalue weighted by Crippen LogP contribution is -2.57. The zero-order valence-corrected chi connectivity index (χ0v) is 25.6. The van der Waals surface area contributed by atoms with Gasteiger partial charge in [-0.3, -0.25) is 33.6 Å². The summed E-state index contributed by atoms with van der Waals surface area (Å²) in [7, 11) is 1.20. The number of benzene rings is 1. The molecule has 14 heteroatoms. The fraction of sp³-hybridized carbons (Fsp3) is 0.552. The van der Waals surface area contributed by atoms with E-state index in [1.165, 1.54) is 32.8 Å². The molecule has 4 N–H and O–H groups in total. The number of hydrogen-bond acceptors (Lipinski definition) is 8. The van der Waals surface area contributed by atoms with E-state index in [9.17, 15) is 33.6 Å². The van der Waals surface area contributed by atoms with E-state index in [-0.39, 0.29) is 30.9 Å². The van der Waals surface area contributed by atoms with Crippen LogP contribution in [0.1, 0.15) is 52.0 Å². The molecule has 1 aliphatic heterocycles. The molecule has 1 aliphatic rings. The van der Waals surface area contributed by atoms with Crippen LogP contribution >= 0.6 is 11.6 Å². The minimum absolute atomic E-state index is 0.138. The van der Waals surface area contributed by atoms with Crippen LogP contribution in [0.4, 0.5) is 0 Å². The number of ether oxygens (including phenoxy) is 1. The minimum atomic E-state index is -1.05. The van der Waals surface area contributed by atoms with Crippen molar-refractivity contribution in [3.8, 4) is 0 Å². The van der Waals surface area contributed by atoms with Gasteiger partial charge in [0.15, 0.2) is 5.78 Å². The van der Waals surface area contributed by atoms with Crippen molar-refractivity contribution in [1.82, 2.24) is 26.2 Å². The molecule has 43 heavy (non-hydrogen) atoms. The third-order valence-corrected chi connectivity index (χ3v) is 7.26. The predicted octanol–water partition coefficient (Wildman–Crippen LogP) is -0.0199. The highest BCUT2D eigenvalue weighted by molar-refractivity contribution is 6.28. The summed E-state index contributed by atoms with van der Waals surface area (Å²) in [6.45, 7) is 4.61. The Morgan fingerprint density at radius 3 is 2.09 bits per heavy atom. The summed E-state index contributed by atoms with van der Waals surface area (Å²) >= 11 is 5.78. The van der Waals surface area contributed by atoms with Gasteiger partial charge in [0.1, 0.15) is 24.2 Å². The molecule has 1 heterocycles. The standard InChI is InChI=1S/C29H40ClN5O8/c1-17(31-24(37)12-13-25(38)43-4)26(39)32-18(2)27(40)33-19(3)29(42)35-14-8-11-22(35)28(41)34-21(23(36)16-30)15-20-9-6-5-7-10-20/h5-7,9-10,17-19,21-22H,8,11-16H2,1-4H3,(H,31,37)(H,32,39)(H,33,40)(H,34,41). The van der Waals surface area contributed by atoms with Crippen LogP contribution in [0.2, 0.25) is 0 Å². The normalized spacial score (nSPS) is 17.0. The molecule has 5 unspecified atom stereocenters. The third-order valence-electron chi connectivity index (χ3n) is 6.99. The van der Waals surface area contributed by atoms with Crippen molar-refractivity contribution in [3.63, 3.8) is 0 Å². The Morgan fingerprint density at radius 1 is 0.884 bits per heavy atom. The fourth-order valence-corrected chi connectivity index (χ4v) is 4.70. The van der Waals surface area contributed by atoms with Crippen molar-refractivity contribution < 1.29 is 38.3 Å². The molecule has 0 spiro atoms. The Balaban J connectivity index is 1.92. The second-order valence-corrected chi connectivity index (χ2v) is 10.6. The molecule has 0 saturated carbocycles. The number of methoxy groups -OCH3 is 1. The van der Waals surface area contributed by atoms with E-state index in [4.69, 9.17) is 11.6 Å². The minimum Gasteiger partial charge on any atom is -0.469 e. The number of nitrogens with zero attached hydrogens (tertiary/aromatic N) is 1. The van der Waals surface area contributed by atoms with Crippen LogP contribution in [0.25, 0.3) is 0 Å². The number of esters is 1. The molecule has 1 saturated heterocycles. The van der Waals surface area contributed by atoms with Gasteiger partial charge < -0.3 is 30.9 Å². The van der Waals surface area contributed by atoms with Crippen molar-refractivity contribution in [2.75, 3.05) is 19.5 Å². The summed E-state index contributed by atoms with van der Waals surface area (Å²) in [6.07, 6.45) is 0.908. The van der Waals surface area contributed by atoms with Gasteiger partial charge in [0, 0.05) is 13.0 Å². The van der Waals surface area contributed by atoms with Crippen molar-refractivity contribution in [1.29, 1.82) is 0 Å². The molecule has 1 fully saturated rings. The summed E-state index contributed by atoms with van der Waals surface area (Å²) in [4.78, 5) is 88.6. The summed E-state index contributed by atoms with van der Waals surface area (Å²) in [5.74, 6) is -3.96. The predicted molar refractivity (Wildman–Crippen MR) is 157 cm³/mol. The second-order valence-electron chi connectivity index (χ2n) is 10.4. The maximum absolute atomic E-state index is 13.2. The molecule has 0 aliphatic carbocycles. The number of ketones is 1. The number of carbonyl (C=O) groups is 7. The molecule has 0 radical (unpaired) electrons. The van der Waals surface area contributed by atoms with Crippen LogP contribution in [-0.2, 0) is 44.7 Å². The van der Waals surface area contributed by atoms with Gasteiger partial charge in [-0.2, -0.15) is 0 Å². The first kappa shape index (κ1) is 35.2. The smallest absolute Gasteiger partial charge is 0.306 e. The average Bonchev–Trinajstić information content (AvgIpc) is 3.49. The van der Waals surface area contributed by atoms with Gasteiger partial charge in [-0.25, -0.2) is 0 Å². The monoisotopic (exact) mass is 621 g/mol. The van der Waals surface area contributed by atoms with E-state index in [0.29, 0.717) is 19.4 Å². The van der Waals surface area contributed by atoms with Crippen LogP contribution in [0, 0.1) is 0 Å². The van der Waals surface area contributed by atoms with Crippen molar-refractivity contribution in [2.24, 2.45) is 0 Å². The molecule has 5 atom stereocenters. The van der Waals surface area contributed by atoms with E-state index >= 15 is 0 Å². The number of nitrogens with one attached hydrogen (secondary N) is 4. The zero-order chi connectivity index (χ0) is 32.1. The van der Waals surface area contributed by atoms with Gasteiger partial charge in [0.05, 0.1) is 25.5 Å². The van der Waals surface area contributed by atoms with Crippen LogP contribution in [0.15, 0.2) is 30.3 Å². The van der Waals surface area contributed by atoms with E-state index in [1.807, 2.05) is 30.3 Å². The van der Waals surface area contributed by atoms with Crippen LogP contribution in [0.5, 0.6) is 0 Å². The summed E-state index contributed by atoms with van der Waals surface area (Å²) in [5.41, 5.74) is 0.846.